The number of unbranched alkanes of at least 4 members (excludes halogenated alkanes) is 1. The fourth-order valence-corrected chi connectivity index (χ4v) is 5.84. The van der Waals surface area contributed by atoms with Crippen molar-refractivity contribution in [1.29, 1.82) is 0 Å². The van der Waals surface area contributed by atoms with Crippen molar-refractivity contribution in [1.82, 2.24) is 14.5 Å². The van der Waals surface area contributed by atoms with Crippen LogP contribution < -0.4 is 10.3 Å². The molecule has 1 N–H and O–H groups in total. The minimum absolute atomic E-state index is 0.182. The number of rotatable bonds is 9. The number of nitrogens with zero attached hydrogens (tertiary/aromatic N) is 3. The lowest BCUT2D eigenvalue weighted by atomic mass is 10.1. The Labute approximate surface area is 226 Å². The van der Waals surface area contributed by atoms with E-state index in [2.05, 4.69) is 9.97 Å². The van der Waals surface area contributed by atoms with Gasteiger partial charge >= 0.3 is 0 Å². The molecule has 0 fully saturated rings. The molecule has 0 aliphatic rings. The molecule has 0 aliphatic heterocycles. The molecule has 2 aromatic carbocycles. The second-order valence-corrected chi connectivity index (χ2v) is 11.1. The van der Waals surface area contributed by atoms with Gasteiger partial charge in [0.1, 0.15) is 11.6 Å². The molecule has 0 saturated heterocycles. The number of ether oxygens (including phenoxy) is 1. The number of aromatic nitrogens is 3. The van der Waals surface area contributed by atoms with Gasteiger partial charge in [-0.25, -0.2) is 13.4 Å². The Balaban J connectivity index is 1.82. The van der Waals surface area contributed by atoms with Gasteiger partial charge in [-0.05, 0) is 67.8 Å². The zero-order valence-electron chi connectivity index (χ0n) is 22.2. The van der Waals surface area contributed by atoms with Crippen molar-refractivity contribution in [2.75, 3.05) is 7.11 Å². The first-order valence-electron chi connectivity index (χ1n) is 12.6. The quantitative estimate of drug-likeness (QED) is 0.283. The van der Waals surface area contributed by atoms with Gasteiger partial charge in [0.2, 0.25) is 21.7 Å². The maximum absolute atomic E-state index is 13.8. The summed E-state index contributed by atoms with van der Waals surface area (Å²) in [5.74, 6) is -0.490. The highest BCUT2D eigenvalue weighted by atomic mass is 32.2. The van der Waals surface area contributed by atoms with Crippen molar-refractivity contribution in [2.45, 2.75) is 55.9 Å². The highest BCUT2D eigenvalue weighted by molar-refractivity contribution is 7.91. The predicted octanol–water partition coefficient (Wildman–Crippen LogP) is 5.25. The highest BCUT2D eigenvalue weighted by Gasteiger charge is 2.31. The molecule has 2 heterocycles. The van der Waals surface area contributed by atoms with Crippen molar-refractivity contribution < 1.29 is 22.7 Å². The average molecular weight is 552 g/mol. The Morgan fingerprint density at radius 1 is 1.03 bits per heavy atom. The molecule has 204 valence electrons. The van der Waals surface area contributed by atoms with Crippen LogP contribution in [-0.2, 0) is 16.3 Å². The van der Waals surface area contributed by atoms with Gasteiger partial charge in [0.05, 0.1) is 18.0 Å². The molecule has 0 aliphatic carbocycles. The molecule has 0 amide bonds. The molecule has 0 saturated carbocycles. The minimum atomic E-state index is -4.44. The molecule has 4 aromatic rings. The lowest BCUT2D eigenvalue weighted by Crippen LogP contribution is -2.32. The van der Waals surface area contributed by atoms with Crippen LogP contribution in [-0.4, -0.2) is 35.2 Å². The zero-order valence-corrected chi connectivity index (χ0v) is 23.0. The molecule has 0 unspecified atom stereocenters. The summed E-state index contributed by atoms with van der Waals surface area (Å²) in [6.07, 6.45) is 1.91. The van der Waals surface area contributed by atoms with Gasteiger partial charge < -0.3 is 9.84 Å². The van der Waals surface area contributed by atoms with Gasteiger partial charge in [0.15, 0.2) is 4.90 Å². The number of hydrogen-bond acceptors (Lipinski definition) is 7. The van der Waals surface area contributed by atoms with E-state index < -0.39 is 38.2 Å². The van der Waals surface area contributed by atoms with Crippen LogP contribution in [0.4, 0.5) is 4.39 Å². The van der Waals surface area contributed by atoms with Crippen LogP contribution in [0, 0.1) is 12.9 Å². The molecule has 8 nitrogen and oxygen atoms in total. The first kappa shape index (κ1) is 28.0. The van der Waals surface area contributed by atoms with Crippen molar-refractivity contribution in [3.8, 4) is 22.8 Å². The van der Waals surface area contributed by atoms with Gasteiger partial charge in [-0.2, -0.15) is 9.37 Å². The summed E-state index contributed by atoms with van der Waals surface area (Å²) in [7, 11) is -2.89. The summed E-state index contributed by atoms with van der Waals surface area (Å²) in [6.45, 7) is 5.42. The van der Waals surface area contributed by atoms with E-state index in [4.69, 9.17) is 4.74 Å². The summed E-state index contributed by atoms with van der Waals surface area (Å²) in [6, 6.07) is 15.1. The van der Waals surface area contributed by atoms with Crippen LogP contribution in [0.2, 0.25) is 0 Å². The van der Waals surface area contributed by atoms with Gasteiger partial charge in [0, 0.05) is 17.7 Å². The highest BCUT2D eigenvalue weighted by Crippen LogP contribution is 2.30. The van der Waals surface area contributed by atoms with E-state index in [9.17, 15) is 22.7 Å². The maximum atomic E-state index is 13.8. The van der Waals surface area contributed by atoms with Crippen LogP contribution in [0.15, 0.2) is 75.2 Å². The van der Waals surface area contributed by atoms with E-state index in [1.54, 1.807) is 63.4 Å². The molecule has 1 atom stereocenters. The molecule has 0 spiro atoms. The Kier molecular flexibility index (Phi) is 8.15. The summed E-state index contributed by atoms with van der Waals surface area (Å²) < 4.78 is 47.3. The van der Waals surface area contributed by atoms with Gasteiger partial charge in [0.25, 0.3) is 5.56 Å². The standard InChI is InChI=1S/C29H30FN3O5S/c1-5-6-7-26-32-28(34)27(29(35)33(26)19(3)20-8-12-22(38-4)13-9-20)39(36,37)23-14-10-21(11-15-23)24-16-17-25(30)31-18(24)2/h8-17,19,34H,5-7H2,1-4H3/t19-/m0/s1. The van der Waals surface area contributed by atoms with E-state index in [-0.39, 0.29) is 4.90 Å². The molecule has 2 aromatic heterocycles. The van der Waals surface area contributed by atoms with Gasteiger partial charge in [-0.1, -0.05) is 37.6 Å². The number of hydrogen-bond donors (Lipinski definition) is 1. The molecule has 4 rings (SSSR count). The lowest BCUT2D eigenvalue weighted by molar-refractivity contribution is 0.411. The SMILES string of the molecule is CCCCc1nc(O)c(S(=O)(=O)c2ccc(-c3ccc(F)nc3C)cc2)c(=O)n1[C@@H](C)c1ccc(OC)cc1. The van der Waals surface area contributed by atoms with Crippen LogP contribution in [0.5, 0.6) is 11.6 Å². The van der Waals surface area contributed by atoms with E-state index in [0.29, 0.717) is 41.2 Å². The number of methoxy groups -OCH3 is 1. The summed E-state index contributed by atoms with van der Waals surface area (Å²) in [5, 5.41) is 10.7. The Hall–Kier alpha value is -4.05. The van der Waals surface area contributed by atoms with Crippen LogP contribution >= 0.6 is 0 Å². The third-order valence-electron chi connectivity index (χ3n) is 6.66. The monoisotopic (exact) mass is 551 g/mol. The number of pyridine rings is 1. The number of aromatic hydroxyl groups is 1. The van der Waals surface area contributed by atoms with E-state index >= 15 is 0 Å². The van der Waals surface area contributed by atoms with Crippen molar-refractivity contribution >= 4 is 9.84 Å². The molecular weight excluding hydrogens is 521 g/mol. The van der Waals surface area contributed by atoms with Gasteiger partial charge in [-0.15, -0.1) is 0 Å². The molecule has 0 radical (unpaired) electrons. The maximum Gasteiger partial charge on any atom is 0.277 e. The minimum Gasteiger partial charge on any atom is -0.497 e. The molecule has 10 heteroatoms. The van der Waals surface area contributed by atoms with Crippen molar-refractivity contribution in [3.63, 3.8) is 0 Å². The lowest BCUT2D eigenvalue weighted by Gasteiger charge is -2.21. The molecular formula is C29H30FN3O5S. The second kappa shape index (κ2) is 11.4. The Bertz CT molecular complexity index is 1650. The third kappa shape index (κ3) is 5.56. The zero-order chi connectivity index (χ0) is 28.3. The third-order valence-corrected chi connectivity index (χ3v) is 8.45. The number of halogens is 1. The summed E-state index contributed by atoms with van der Waals surface area (Å²) >= 11 is 0. The topological polar surface area (TPSA) is 111 Å². The van der Waals surface area contributed by atoms with Gasteiger partial charge in [-0.3, -0.25) is 9.36 Å². The molecule has 0 bridgehead atoms. The second-order valence-electron chi connectivity index (χ2n) is 9.20. The van der Waals surface area contributed by atoms with E-state index in [1.165, 1.54) is 22.8 Å². The van der Waals surface area contributed by atoms with E-state index in [1.807, 2.05) is 6.92 Å². The fraction of sp³-hybridized carbons (Fsp3) is 0.276. The first-order chi connectivity index (χ1) is 18.6. The number of aryl methyl sites for hydroxylation is 2. The first-order valence-corrected chi connectivity index (χ1v) is 14.0. The Morgan fingerprint density at radius 3 is 2.28 bits per heavy atom. The number of sulfone groups is 1. The van der Waals surface area contributed by atoms with E-state index in [0.717, 1.165) is 12.0 Å². The Morgan fingerprint density at radius 2 is 1.69 bits per heavy atom. The largest absolute Gasteiger partial charge is 0.497 e. The van der Waals surface area contributed by atoms with Crippen LogP contribution in [0.3, 0.4) is 0 Å². The smallest absolute Gasteiger partial charge is 0.277 e. The predicted molar refractivity (Wildman–Crippen MR) is 145 cm³/mol. The average Bonchev–Trinajstić information content (AvgIpc) is 2.91. The van der Waals surface area contributed by atoms with Crippen LogP contribution in [0.1, 0.15) is 49.8 Å². The number of benzene rings is 2. The normalized spacial score (nSPS) is 12.3. The fourth-order valence-electron chi connectivity index (χ4n) is 4.49. The van der Waals surface area contributed by atoms with Crippen molar-refractivity contribution in [3.05, 3.63) is 94.0 Å². The van der Waals surface area contributed by atoms with Crippen molar-refractivity contribution in [2.24, 2.45) is 0 Å². The summed E-state index contributed by atoms with van der Waals surface area (Å²) in [5.41, 5.74) is 1.62. The molecule has 39 heavy (non-hydrogen) atoms. The van der Waals surface area contributed by atoms with Crippen LogP contribution in [0.25, 0.3) is 11.1 Å². The summed E-state index contributed by atoms with van der Waals surface area (Å²) in [4.78, 5) is 20.9.